The van der Waals surface area contributed by atoms with E-state index in [2.05, 4.69) is 46.0 Å². The molecule has 0 unspecified atom stereocenters. The van der Waals surface area contributed by atoms with Gasteiger partial charge in [-0.1, -0.05) is 6.92 Å². The van der Waals surface area contributed by atoms with Gasteiger partial charge in [-0.25, -0.2) is 0 Å². The summed E-state index contributed by atoms with van der Waals surface area (Å²) >= 11 is 0. The fraction of sp³-hybridized carbons (Fsp3) is 0.611. The van der Waals surface area contributed by atoms with Crippen LogP contribution in [0.15, 0.2) is 24.3 Å². The van der Waals surface area contributed by atoms with Crippen molar-refractivity contribution in [3.63, 3.8) is 0 Å². The van der Waals surface area contributed by atoms with Crippen LogP contribution in [-0.4, -0.2) is 75.1 Å². The predicted octanol–water partition coefficient (Wildman–Crippen LogP) is 1.50. The zero-order valence-electron chi connectivity index (χ0n) is 14.4. The summed E-state index contributed by atoms with van der Waals surface area (Å²) in [5.74, 6) is 0.273. The molecule has 1 aromatic carbocycles. The van der Waals surface area contributed by atoms with Crippen LogP contribution in [-0.2, 0) is 4.79 Å². The molecular weight excluding hydrogens is 288 g/mol. The Labute approximate surface area is 139 Å². The number of hydrogen-bond acceptors (Lipinski definition) is 4. The lowest BCUT2D eigenvalue weighted by atomic mass is 10.2. The summed E-state index contributed by atoms with van der Waals surface area (Å²) < 4.78 is 0. The lowest BCUT2D eigenvalue weighted by molar-refractivity contribution is -0.131. The van der Waals surface area contributed by atoms with Crippen molar-refractivity contribution < 1.29 is 4.79 Å². The van der Waals surface area contributed by atoms with E-state index in [1.54, 1.807) is 0 Å². The van der Waals surface area contributed by atoms with Crippen LogP contribution in [0.1, 0.15) is 13.3 Å². The van der Waals surface area contributed by atoms with Gasteiger partial charge in [0.2, 0.25) is 5.91 Å². The maximum atomic E-state index is 11.8. The molecule has 2 fully saturated rings. The smallest absolute Gasteiger partial charge is 0.222 e. The molecule has 0 spiro atoms. The van der Waals surface area contributed by atoms with E-state index in [-0.39, 0.29) is 5.91 Å². The first-order valence-corrected chi connectivity index (χ1v) is 8.73. The van der Waals surface area contributed by atoms with Gasteiger partial charge in [-0.15, -0.1) is 0 Å². The minimum Gasteiger partial charge on any atom is -0.369 e. The summed E-state index contributed by atoms with van der Waals surface area (Å²) in [6.07, 6.45) is 0.611. The van der Waals surface area contributed by atoms with Crippen LogP contribution in [0.3, 0.4) is 0 Å². The molecule has 0 aromatic heterocycles. The molecule has 1 aromatic rings. The third kappa shape index (κ3) is 3.78. The molecule has 0 radical (unpaired) electrons. The van der Waals surface area contributed by atoms with Gasteiger partial charge in [0.1, 0.15) is 0 Å². The molecule has 0 atom stereocenters. The highest BCUT2D eigenvalue weighted by atomic mass is 16.2. The second-order valence-electron chi connectivity index (χ2n) is 6.53. The molecule has 2 heterocycles. The highest BCUT2D eigenvalue weighted by Gasteiger charge is 2.20. The maximum Gasteiger partial charge on any atom is 0.222 e. The summed E-state index contributed by atoms with van der Waals surface area (Å²) in [6.45, 7) is 9.95. The Morgan fingerprint density at radius 2 is 1.26 bits per heavy atom. The van der Waals surface area contributed by atoms with Crippen molar-refractivity contribution in [2.24, 2.45) is 0 Å². The number of carbonyl (C=O) groups excluding carboxylic acids is 1. The summed E-state index contributed by atoms with van der Waals surface area (Å²) in [7, 11) is 2.18. The highest BCUT2D eigenvalue weighted by molar-refractivity contribution is 5.76. The van der Waals surface area contributed by atoms with Crippen molar-refractivity contribution in [1.82, 2.24) is 9.80 Å². The molecule has 2 aliphatic heterocycles. The summed E-state index contributed by atoms with van der Waals surface area (Å²) in [5.41, 5.74) is 2.59. The second-order valence-corrected chi connectivity index (χ2v) is 6.53. The lowest BCUT2D eigenvalue weighted by Crippen LogP contribution is -2.48. The molecule has 5 heteroatoms. The summed E-state index contributed by atoms with van der Waals surface area (Å²) in [6, 6.07) is 8.93. The zero-order chi connectivity index (χ0) is 16.2. The van der Waals surface area contributed by atoms with Crippen LogP contribution in [0.25, 0.3) is 0 Å². The lowest BCUT2D eigenvalue weighted by Gasteiger charge is -2.37. The Morgan fingerprint density at radius 3 is 1.70 bits per heavy atom. The molecule has 2 aliphatic rings. The Kier molecular flexibility index (Phi) is 5.06. The monoisotopic (exact) mass is 316 g/mol. The molecule has 2 saturated heterocycles. The number of piperazine rings is 2. The van der Waals surface area contributed by atoms with Gasteiger partial charge in [0.05, 0.1) is 0 Å². The molecule has 0 bridgehead atoms. The van der Waals surface area contributed by atoms with Gasteiger partial charge in [-0.3, -0.25) is 4.79 Å². The number of benzene rings is 1. The van der Waals surface area contributed by atoms with E-state index < -0.39 is 0 Å². The van der Waals surface area contributed by atoms with E-state index in [4.69, 9.17) is 0 Å². The molecule has 1 amide bonds. The average Bonchev–Trinajstić information content (AvgIpc) is 2.62. The van der Waals surface area contributed by atoms with E-state index in [0.29, 0.717) is 6.42 Å². The Bertz CT molecular complexity index is 514. The topological polar surface area (TPSA) is 30.0 Å². The first-order valence-electron chi connectivity index (χ1n) is 8.73. The van der Waals surface area contributed by atoms with E-state index in [0.717, 1.165) is 52.4 Å². The van der Waals surface area contributed by atoms with E-state index in [9.17, 15) is 4.79 Å². The van der Waals surface area contributed by atoms with Crippen LogP contribution in [0.4, 0.5) is 11.4 Å². The van der Waals surface area contributed by atoms with Gasteiger partial charge in [-0.05, 0) is 31.3 Å². The number of carbonyl (C=O) groups is 1. The summed E-state index contributed by atoms with van der Waals surface area (Å²) in [5, 5.41) is 0. The minimum atomic E-state index is 0.273. The van der Waals surface area contributed by atoms with Gasteiger partial charge in [-0.2, -0.15) is 0 Å². The standard InChI is InChI=1S/C18H28N4O/c1-3-18(23)22-14-12-21(13-15-22)17-6-4-16(5-7-17)20-10-8-19(2)9-11-20/h4-7H,3,8-15H2,1-2H3. The van der Waals surface area contributed by atoms with Crippen molar-refractivity contribution in [1.29, 1.82) is 0 Å². The third-order valence-corrected chi connectivity index (χ3v) is 5.02. The van der Waals surface area contributed by atoms with Gasteiger partial charge in [0.25, 0.3) is 0 Å². The van der Waals surface area contributed by atoms with Crippen molar-refractivity contribution in [2.45, 2.75) is 13.3 Å². The average molecular weight is 316 g/mol. The number of nitrogens with zero attached hydrogens (tertiary/aromatic N) is 4. The van der Waals surface area contributed by atoms with Crippen molar-refractivity contribution >= 4 is 17.3 Å². The van der Waals surface area contributed by atoms with E-state index in [1.165, 1.54) is 11.4 Å². The number of rotatable bonds is 3. The molecule has 23 heavy (non-hydrogen) atoms. The SMILES string of the molecule is CCC(=O)N1CCN(c2ccc(N3CCN(C)CC3)cc2)CC1. The first-order chi connectivity index (χ1) is 11.2. The van der Waals surface area contributed by atoms with Gasteiger partial charge in [0, 0.05) is 70.2 Å². The summed E-state index contributed by atoms with van der Waals surface area (Å²) in [4.78, 5) is 21.0. The van der Waals surface area contributed by atoms with Gasteiger partial charge < -0.3 is 19.6 Å². The maximum absolute atomic E-state index is 11.8. The Balaban J connectivity index is 1.57. The number of likely N-dealkylation sites (N-methyl/N-ethyl adjacent to an activating group) is 1. The van der Waals surface area contributed by atoms with Crippen LogP contribution in [0.2, 0.25) is 0 Å². The Morgan fingerprint density at radius 1 is 0.826 bits per heavy atom. The van der Waals surface area contributed by atoms with E-state index in [1.807, 2.05) is 11.8 Å². The van der Waals surface area contributed by atoms with E-state index >= 15 is 0 Å². The van der Waals surface area contributed by atoms with Crippen LogP contribution in [0.5, 0.6) is 0 Å². The first kappa shape index (κ1) is 16.1. The molecule has 0 N–H and O–H groups in total. The molecule has 0 saturated carbocycles. The highest BCUT2D eigenvalue weighted by Crippen LogP contribution is 2.22. The largest absolute Gasteiger partial charge is 0.369 e. The quantitative estimate of drug-likeness (QED) is 0.845. The second kappa shape index (κ2) is 7.21. The van der Waals surface area contributed by atoms with Crippen LogP contribution in [0, 0.1) is 0 Å². The Hall–Kier alpha value is -1.75. The normalized spacial score (nSPS) is 20.0. The molecule has 126 valence electrons. The molecule has 5 nitrogen and oxygen atoms in total. The molecular formula is C18H28N4O. The van der Waals surface area contributed by atoms with Crippen LogP contribution < -0.4 is 9.80 Å². The molecule has 0 aliphatic carbocycles. The number of anilines is 2. The van der Waals surface area contributed by atoms with Crippen molar-refractivity contribution in [3.05, 3.63) is 24.3 Å². The number of amides is 1. The number of hydrogen-bond donors (Lipinski definition) is 0. The van der Waals surface area contributed by atoms with Crippen molar-refractivity contribution in [2.75, 3.05) is 69.2 Å². The van der Waals surface area contributed by atoms with Gasteiger partial charge >= 0.3 is 0 Å². The van der Waals surface area contributed by atoms with Crippen molar-refractivity contribution in [3.8, 4) is 0 Å². The molecule has 3 rings (SSSR count). The fourth-order valence-corrected chi connectivity index (χ4v) is 3.38. The third-order valence-electron chi connectivity index (χ3n) is 5.02. The van der Waals surface area contributed by atoms with Crippen LogP contribution >= 0.6 is 0 Å². The zero-order valence-corrected chi connectivity index (χ0v) is 14.4. The minimum absolute atomic E-state index is 0.273. The van der Waals surface area contributed by atoms with Gasteiger partial charge in [0.15, 0.2) is 0 Å². The predicted molar refractivity (Wildman–Crippen MR) is 95.2 cm³/mol. The fourth-order valence-electron chi connectivity index (χ4n) is 3.38.